The highest BCUT2D eigenvalue weighted by Crippen LogP contribution is 2.26. The highest BCUT2D eigenvalue weighted by molar-refractivity contribution is 5.83. The van der Waals surface area contributed by atoms with Crippen LogP contribution in [-0.2, 0) is 19.1 Å². The highest BCUT2D eigenvalue weighted by Gasteiger charge is 2.45. The molecule has 0 spiro atoms. The van der Waals surface area contributed by atoms with E-state index in [0.29, 0.717) is 48.3 Å². The molecular formula is C35H48N4O14. The molecule has 292 valence electrons. The number of benzene rings is 2. The van der Waals surface area contributed by atoms with Crippen LogP contribution in [0.3, 0.4) is 0 Å². The van der Waals surface area contributed by atoms with E-state index in [1.165, 1.54) is 12.4 Å². The first-order chi connectivity index (χ1) is 25.5. The molecular weight excluding hydrogens is 700 g/mol. The number of nitrogens with zero attached hydrogens (tertiary/aromatic N) is 2. The zero-order chi connectivity index (χ0) is 38.3. The molecule has 0 aromatic heterocycles. The van der Waals surface area contributed by atoms with Crippen LogP contribution >= 0.6 is 0 Å². The second-order valence-electron chi connectivity index (χ2n) is 12.6. The third kappa shape index (κ3) is 12.5. The quantitative estimate of drug-likeness (QED) is 0.0466. The van der Waals surface area contributed by atoms with Gasteiger partial charge in [-0.1, -0.05) is 19.3 Å². The number of carbonyl (C=O) groups excluding carboxylic acids is 2. The predicted molar refractivity (Wildman–Crippen MR) is 185 cm³/mol. The van der Waals surface area contributed by atoms with Crippen LogP contribution in [0.2, 0.25) is 0 Å². The average molecular weight is 749 g/mol. The first-order valence-electron chi connectivity index (χ1n) is 17.3. The van der Waals surface area contributed by atoms with Crippen LogP contribution in [0, 0.1) is 0 Å². The Morgan fingerprint density at radius 1 is 0.566 bits per heavy atom. The average Bonchev–Trinajstić information content (AvgIpc) is 3.16. The number of hydrogen-bond donors (Lipinski definition) is 10. The Kier molecular flexibility index (Phi) is 16.5. The van der Waals surface area contributed by atoms with E-state index in [2.05, 4.69) is 21.1 Å². The number of hydrogen-bond acceptors (Lipinski definition) is 16. The van der Waals surface area contributed by atoms with E-state index in [0.717, 1.165) is 19.3 Å². The maximum Gasteiger partial charge on any atom is 0.240 e. The van der Waals surface area contributed by atoms with Crippen molar-refractivity contribution in [2.24, 2.45) is 10.2 Å². The molecule has 0 bridgehead atoms. The van der Waals surface area contributed by atoms with Gasteiger partial charge >= 0.3 is 0 Å². The number of hydrazone groups is 2. The molecule has 2 fully saturated rings. The number of amides is 2. The first kappa shape index (κ1) is 41.7. The van der Waals surface area contributed by atoms with Crippen LogP contribution in [0.15, 0.2) is 58.7 Å². The number of nitrogens with one attached hydrogen (secondary N) is 2. The van der Waals surface area contributed by atoms with Gasteiger partial charge in [-0.3, -0.25) is 9.59 Å². The summed E-state index contributed by atoms with van der Waals surface area (Å²) < 4.78 is 21.8. The summed E-state index contributed by atoms with van der Waals surface area (Å²) in [5.74, 6) is 0.127. The molecule has 0 saturated carbocycles. The monoisotopic (exact) mass is 748 g/mol. The van der Waals surface area contributed by atoms with Gasteiger partial charge in [0, 0.05) is 12.8 Å². The molecule has 10 N–H and O–H groups in total. The molecule has 53 heavy (non-hydrogen) atoms. The number of aliphatic hydroxyl groups excluding tert-OH is 8. The lowest BCUT2D eigenvalue weighted by Gasteiger charge is -2.39. The molecule has 2 aliphatic rings. The van der Waals surface area contributed by atoms with Crippen molar-refractivity contribution in [3.63, 3.8) is 0 Å². The molecule has 2 saturated heterocycles. The van der Waals surface area contributed by atoms with E-state index in [1.54, 1.807) is 48.5 Å². The molecule has 18 nitrogen and oxygen atoms in total. The predicted octanol–water partition coefficient (Wildman–Crippen LogP) is -1.62. The summed E-state index contributed by atoms with van der Waals surface area (Å²) in [6, 6.07) is 12.9. The lowest BCUT2D eigenvalue weighted by molar-refractivity contribution is -0.277. The standard InChI is InChI=1S/C35H48N4O14/c40-18-24-28(44)30(46)32(48)34(52-24)50-22-12-8-20(9-13-22)16-36-38-26(42)6-4-2-1-3-5-7-27(43)39-37-17-21-10-14-23(15-11-21)51-35-33(49)31(47)29(45)25(19-41)53-35/h8-17,24-25,28-35,40-41,44-49H,1-7,18-19H2,(H,38,42)(H,39,43)/b36-16+,37-17+/t24?,25?,28-,29-,30-,31-,32?,33?,34+,35+/m0/s1. The number of aliphatic hydroxyl groups is 8. The van der Waals surface area contributed by atoms with Gasteiger partial charge in [-0.2, -0.15) is 10.2 Å². The minimum Gasteiger partial charge on any atom is -0.462 e. The van der Waals surface area contributed by atoms with E-state index in [-0.39, 0.29) is 11.8 Å². The number of ether oxygens (including phenoxy) is 4. The minimum atomic E-state index is -1.55. The fraction of sp³-hybridized carbons (Fsp3) is 0.543. The summed E-state index contributed by atoms with van der Waals surface area (Å²) in [6.45, 7) is -1.13. The Bertz CT molecular complexity index is 1370. The molecule has 0 radical (unpaired) electrons. The summed E-state index contributed by atoms with van der Waals surface area (Å²) in [5, 5.41) is 86.3. The lowest BCUT2D eigenvalue weighted by Crippen LogP contribution is -2.60. The summed E-state index contributed by atoms with van der Waals surface area (Å²) in [5.41, 5.74) is 6.25. The maximum absolute atomic E-state index is 12.1. The normalized spacial score (nSPS) is 28.9. The van der Waals surface area contributed by atoms with Crippen molar-refractivity contribution in [2.75, 3.05) is 13.2 Å². The Morgan fingerprint density at radius 3 is 1.28 bits per heavy atom. The van der Waals surface area contributed by atoms with Gasteiger partial charge in [-0.15, -0.1) is 0 Å². The second kappa shape index (κ2) is 21.0. The van der Waals surface area contributed by atoms with Gasteiger partial charge in [0.15, 0.2) is 0 Å². The van der Waals surface area contributed by atoms with Crippen LogP contribution in [0.5, 0.6) is 11.5 Å². The summed E-state index contributed by atoms with van der Waals surface area (Å²) in [7, 11) is 0. The fourth-order valence-electron chi connectivity index (χ4n) is 5.43. The van der Waals surface area contributed by atoms with E-state index in [1.807, 2.05) is 0 Å². The third-order valence-electron chi connectivity index (χ3n) is 8.57. The molecule has 2 amide bonds. The molecule has 2 aromatic rings. The molecule has 2 aromatic carbocycles. The van der Waals surface area contributed by atoms with Crippen LogP contribution in [0.1, 0.15) is 56.1 Å². The molecule has 2 aliphatic heterocycles. The molecule has 10 atom stereocenters. The van der Waals surface area contributed by atoms with Gasteiger partial charge in [-0.05, 0) is 72.5 Å². The van der Waals surface area contributed by atoms with Gasteiger partial charge < -0.3 is 59.8 Å². The summed E-state index contributed by atoms with van der Waals surface area (Å²) >= 11 is 0. The van der Waals surface area contributed by atoms with Crippen molar-refractivity contribution in [3.8, 4) is 11.5 Å². The van der Waals surface area contributed by atoms with Gasteiger partial charge in [0.05, 0.1) is 25.6 Å². The lowest BCUT2D eigenvalue weighted by atomic mass is 9.99. The van der Waals surface area contributed by atoms with Gasteiger partial charge in [0.2, 0.25) is 24.4 Å². The van der Waals surface area contributed by atoms with E-state index in [4.69, 9.17) is 18.9 Å². The molecule has 0 aliphatic carbocycles. The Morgan fingerprint density at radius 2 is 0.925 bits per heavy atom. The van der Waals surface area contributed by atoms with Crippen LogP contribution in [0.4, 0.5) is 0 Å². The molecule has 4 unspecified atom stereocenters. The smallest absolute Gasteiger partial charge is 0.240 e. The Labute approximate surface area is 305 Å². The summed E-state index contributed by atoms with van der Waals surface area (Å²) in [4.78, 5) is 24.2. The summed E-state index contributed by atoms with van der Waals surface area (Å²) in [6.07, 6.45) is -6.58. The molecule has 2 heterocycles. The van der Waals surface area contributed by atoms with Crippen molar-refractivity contribution >= 4 is 24.2 Å². The second-order valence-corrected chi connectivity index (χ2v) is 12.6. The first-order valence-corrected chi connectivity index (χ1v) is 17.3. The van der Waals surface area contributed by atoms with Crippen molar-refractivity contribution in [1.29, 1.82) is 0 Å². The highest BCUT2D eigenvalue weighted by atomic mass is 16.7. The fourth-order valence-corrected chi connectivity index (χ4v) is 5.43. The van der Waals surface area contributed by atoms with Crippen molar-refractivity contribution < 1.29 is 69.4 Å². The largest absolute Gasteiger partial charge is 0.462 e. The van der Waals surface area contributed by atoms with Gasteiger partial charge in [0.1, 0.15) is 60.3 Å². The number of unbranched alkanes of at least 4 members (excludes halogenated alkanes) is 4. The van der Waals surface area contributed by atoms with Crippen molar-refractivity contribution in [1.82, 2.24) is 10.9 Å². The SMILES string of the molecule is O=C(CCCCCCCC(=O)N/N=C/c1ccc(O[C@@H]2OC(CO)[C@H](O)[C@H](O)C2O)cc1)N/N=C/c1ccc(O[C@@H]2OC(CO)[C@H](O)[C@H](O)C2O)cc1. The minimum absolute atomic E-state index is 0.239. The zero-order valence-electron chi connectivity index (χ0n) is 28.8. The van der Waals surface area contributed by atoms with Crippen LogP contribution in [-0.4, -0.2) is 140 Å². The Hall–Kier alpha value is -4.08. The van der Waals surface area contributed by atoms with Gasteiger partial charge in [0.25, 0.3) is 0 Å². The zero-order valence-corrected chi connectivity index (χ0v) is 28.8. The molecule has 18 heteroatoms. The third-order valence-corrected chi connectivity index (χ3v) is 8.57. The Balaban J connectivity index is 1.03. The van der Waals surface area contributed by atoms with E-state index < -0.39 is 74.6 Å². The van der Waals surface area contributed by atoms with E-state index >= 15 is 0 Å². The number of rotatable bonds is 18. The maximum atomic E-state index is 12.1. The topological polar surface area (TPSA) is 282 Å². The number of carbonyl (C=O) groups is 2. The van der Waals surface area contributed by atoms with Gasteiger partial charge in [-0.25, -0.2) is 10.9 Å². The van der Waals surface area contributed by atoms with Crippen LogP contribution in [0.25, 0.3) is 0 Å². The van der Waals surface area contributed by atoms with Crippen molar-refractivity contribution in [3.05, 3.63) is 59.7 Å². The van der Waals surface area contributed by atoms with Crippen LogP contribution < -0.4 is 20.3 Å². The molecule has 4 rings (SSSR count). The van der Waals surface area contributed by atoms with E-state index in [9.17, 15) is 50.4 Å². The van der Waals surface area contributed by atoms with Crippen molar-refractivity contribution in [2.45, 2.75) is 106 Å².